The second-order valence-corrected chi connectivity index (χ2v) is 3.66. The standard InChI is InChI=1S/C12H14N2O4/c1-7(10(15)13-2)14-11(16)8-5-3-4-6-9(8)12(17)18/h3-7H,1-2H3,(H,13,15)(H,14,16)(H,17,18). The van der Waals surface area contributed by atoms with Gasteiger partial charge in [-0.2, -0.15) is 0 Å². The number of hydrogen-bond donors (Lipinski definition) is 3. The highest BCUT2D eigenvalue weighted by Gasteiger charge is 2.19. The van der Waals surface area contributed by atoms with Crippen molar-refractivity contribution in [1.29, 1.82) is 0 Å². The number of rotatable bonds is 4. The van der Waals surface area contributed by atoms with Crippen LogP contribution in [0.25, 0.3) is 0 Å². The molecule has 1 unspecified atom stereocenters. The van der Waals surface area contributed by atoms with Gasteiger partial charge in [0.05, 0.1) is 11.1 Å². The van der Waals surface area contributed by atoms with Crippen LogP contribution in [0.15, 0.2) is 24.3 Å². The van der Waals surface area contributed by atoms with Crippen molar-refractivity contribution in [2.24, 2.45) is 0 Å². The fourth-order valence-corrected chi connectivity index (χ4v) is 1.42. The number of carboxylic acids is 1. The van der Waals surface area contributed by atoms with Gasteiger partial charge in [-0.3, -0.25) is 9.59 Å². The minimum atomic E-state index is -1.19. The van der Waals surface area contributed by atoms with E-state index in [0.717, 1.165) is 0 Å². The van der Waals surface area contributed by atoms with Crippen LogP contribution in [0.3, 0.4) is 0 Å². The first kappa shape index (κ1) is 13.7. The average molecular weight is 250 g/mol. The van der Waals surface area contributed by atoms with Gasteiger partial charge >= 0.3 is 5.97 Å². The second kappa shape index (κ2) is 5.81. The molecular formula is C12H14N2O4. The van der Waals surface area contributed by atoms with E-state index in [0.29, 0.717) is 0 Å². The molecule has 1 aromatic rings. The Morgan fingerprint density at radius 3 is 2.22 bits per heavy atom. The Balaban J connectivity index is 2.91. The van der Waals surface area contributed by atoms with Crippen LogP contribution < -0.4 is 10.6 Å². The number of nitrogens with one attached hydrogen (secondary N) is 2. The van der Waals surface area contributed by atoms with Crippen molar-refractivity contribution in [1.82, 2.24) is 10.6 Å². The first-order valence-electron chi connectivity index (χ1n) is 5.32. The van der Waals surface area contributed by atoms with Crippen molar-refractivity contribution in [2.45, 2.75) is 13.0 Å². The number of amides is 2. The van der Waals surface area contributed by atoms with E-state index in [4.69, 9.17) is 5.11 Å². The van der Waals surface area contributed by atoms with Crippen molar-refractivity contribution >= 4 is 17.8 Å². The van der Waals surface area contributed by atoms with E-state index in [-0.39, 0.29) is 17.0 Å². The zero-order valence-corrected chi connectivity index (χ0v) is 10.1. The van der Waals surface area contributed by atoms with Crippen LogP contribution in [0, 0.1) is 0 Å². The average Bonchev–Trinajstić information content (AvgIpc) is 2.37. The highest BCUT2D eigenvalue weighted by Crippen LogP contribution is 2.08. The van der Waals surface area contributed by atoms with E-state index in [1.54, 1.807) is 6.07 Å². The Labute approximate surface area is 104 Å². The van der Waals surface area contributed by atoms with Gasteiger partial charge < -0.3 is 15.7 Å². The van der Waals surface area contributed by atoms with E-state index in [1.807, 2.05) is 0 Å². The third kappa shape index (κ3) is 3.07. The Bertz CT molecular complexity index is 485. The lowest BCUT2D eigenvalue weighted by atomic mass is 10.1. The summed E-state index contributed by atoms with van der Waals surface area (Å²) in [5, 5.41) is 13.8. The maximum Gasteiger partial charge on any atom is 0.336 e. The number of benzene rings is 1. The summed E-state index contributed by atoms with van der Waals surface area (Å²) in [4.78, 5) is 34.0. The van der Waals surface area contributed by atoms with Gasteiger partial charge in [-0.1, -0.05) is 12.1 Å². The summed E-state index contributed by atoms with van der Waals surface area (Å²) in [6.07, 6.45) is 0. The predicted octanol–water partition coefficient (Wildman–Crippen LogP) is 0.249. The molecule has 1 atom stereocenters. The molecule has 6 heteroatoms. The number of aromatic carboxylic acids is 1. The van der Waals surface area contributed by atoms with Crippen LogP contribution in [0.1, 0.15) is 27.6 Å². The minimum Gasteiger partial charge on any atom is -0.478 e. The van der Waals surface area contributed by atoms with Gasteiger partial charge in [-0.15, -0.1) is 0 Å². The quantitative estimate of drug-likeness (QED) is 0.713. The fraction of sp³-hybridized carbons (Fsp3) is 0.250. The van der Waals surface area contributed by atoms with Gasteiger partial charge in [0, 0.05) is 7.05 Å². The van der Waals surface area contributed by atoms with Gasteiger partial charge in [-0.05, 0) is 19.1 Å². The molecule has 0 aliphatic rings. The molecule has 0 aromatic heterocycles. The molecule has 0 saturated heterocycles. The molecule has 2 amide bonds. The third-order valence-corrected chi connectivity index (χ3v) is 2.39. The fourth-order valence-electron chi connectivity index (χ4n) is 1.42. The highest BCUT2D eigenvalue weighted by atomic mass is 16.4. The highest BCUT2D eigenvalue weighted by molar-refractivity contribution is 6.05. The lowest BCUT2D eigenvalue weighted by molar-refractivity contribution is -0.122. The molecule has 0 heterocycles. The number of carboxylic acid groups (broad SMARTS) is 1. The first-order chi connectivity index (χ1) is 8.47. The van der Waals surface area contributed by atoms with Gasteiger partial charge in [0.25, 0.3) is 5.91 Å². The molecule has 3 N–H and O–H groups in total. The molecule has 0 spiro atoms. The van der Waals surface area contributed by atoms with Gasteiger partial charge in [0.15, 0.2) is 0 Å². The summed E-state index contributed by atoms with van der Waals surface area (Å²) >= 11 is 0. The summed E-state index contributed by atoms with van der Waals surface area (Å²) in [5.41, 5.74) is -0.0696. The monoisotopic (exact) mass is 250 g/mol. The van der Waals surface area contributed by atoms with Crippen LogP contribution in [-0.2, 0) is 4.79 Å². The molecule has 0 radical (unpaired) electrons. The number of likely N-dealkylation sites (N-methyl/N-ethyl adjacent to an activating group) is 1. The largest absolute Gasteiger partial charge is 0.478 e. The zero-order valence-electron chi connectivity index (χ0n) is 10.1. The smallest absolute Gasteiger partial charge is 0.336 e. The van der Waals surface area contributed by atoms with Gasteiger partial charge in [0.1, 0.15) is 6.04 Å². The predicted molar refractivity (Wildman–Crippen MR) is 64.4 cm³/mol. The van der Waals surface area contributed by atoms with Crippen molar-refractivity contribution in [3.63, 3.8) is 0 Å². The molecular weight excluding hydrogens is 236 g/mol. The number of hydrogen-bond acceptors (Lipinski definition) is 3. The maximum absolute atomic E-state index is 11.8. The molecule has 0 aliphatic carbocycles. The van der Waals surface area contributed by atoms with Crippen LogP contribution in [0.2, 0.25) is 0 Å². The lowest BCUT2D eigenvalue weighted by Gasteiger charge is -2.13. The number of carbonyl (C=O) groups excluding carboxylic acids is 2. The molecule has 1 rings (SSSR count). The SMILES string of the molecule is CNC(=O)C(C)NC(=O)c1ccccc1C(=O)O. The first-order valence-corrected chi connectivity index (χ1v) is 5.32. The van der Waals surface area contributed by atoms with E-state index >= 15 is 0 Å². The molecule has 1 aromatic carbocycles. The lowest BCUT2D eigenvalue weighted by Crippen LogP contribution is -2.43. The van der Waals surface area contributed by atoms with Crippen LogP contribution >= 0.6 is 0 Å². The van der Waals surface area contributed by atoms with E-state index in [2.05, 4.69) is 10.6 Å². The minimum absolute atomic E-state index is 0.0285. The third-order valence-electron chi connectivity index (χ3n) is 2.39. The van der Waals surface area contributed by atoms with Crippen LogP contribution in [0.4, 0.5) is 0 Å². The molecule has 18 heavy (non-hydrogen) atoms. The van der Waals surface area contributed by atoms with E-state index in [9.17, 15) is 14.4 Å². The Hall–Kier alpha value is -2.37. The van der Waals surface area contributed by atoms with Gasteiger partial charge in [-0.25, -0.2) is 4.79 Å². The second-order valence-electron chi connectivity index (χ2n) is 3.66. The molecule has 96 valence electrons. The summed E-state index contributed by atoms with van der Waals surface area (Å²) in [5.74, 6) is -2.13. The summed E-state index contributed by atoms with van der Waals surface area (Å²) in [6, 6.07) is 5.09. The number of carbonyl (C=O) groups is 3. The molecule has 0 aliphatic heterocycles. The van der Waals surface area contributed by atoms with Crippen LogP contribution in [-0.4, -0.2) is 36.0 Å². The van der Waals surface area contributed by atoms with Crippen molar-refractivity contribution < 1.29 is 19.5 Å². The van der Waals surface area contributed by atoms with Gasteiger partial charge in [0.2, 0.25) is 5.91 Å². The van der Waals surface area contributed by atoms with Crippen molar-refractivity contribution in [3.8, 4) is 0 Å². The van der Waals surface area contributed by atoms with Crippen molar-refractivity contribution in [3.05, 3.63) is 35.4 Å². The Kier molecular flexibility index (Phi) is 4.42. The summed E-state index contributed by atoms with van der Waals surface area (Å²) in [6.45, 7) is 1.51. The summed E-state index contributed by atoms with van der Waals surface area (Å²) in [7, 11) is 1.45. The maximum atomic E-state index is 11.8. The van der Waals surface area contributed by atoms with Crippen LogP contribution in [0.5, 0.6) is 0 Å². The summed E-state index contributed by atoms with van der Waals surface area (Å²) < 4.78 is 0. The Morgan fingerprint density at radius 2 is 1.72 bits per heavy atom. The van der Waals surface area contributed by atoms with E-state index < -0.39 is 17.9 Å². The van der Waals surface area contributed by atoms with E-state index in [1.165, 1.54) is 32.2 Å². The van der Waals surface area contributed by atoms with Crippen molar-refractivity contribution in [2.75, 3.05) is 7.05 Å². The normalized spacial score (nSPS) is 11.4. The molecule has 6 nitrogen and oxygen atoms in total. The molecule has 0 saturated carbocycles. The zero-order chi connectivity index (χ0) is 13.7. The topological polar surface area (TPSA) is 95.5 Å². The molecule has 0 bridgehead atoms. The Morgan fingerprint density at radius 1 is 1.17 bits per heavy atom. The molecule has 0 fully saturated rings.